The van der Waals surface area contributed by atoms with Crippen LogP contribution in [0.15, 0.2) is 102 Å². The molecule has 1 aromatic carbocycles. The predicted octanol–water partition coefficient (Wildman–Crippen LogP) is 5.98. The fourth-order valence-electron chi connectivity index (χ4n) is 1.96. The van der Waals surface area contributed by atoms with Crippen molar-refractivity contribution in [2.45, 2.75) is 20.3 Å². The molecule has 0 fully saturated rings. The molecule has 0 heterocycles. The van der Waals surface area contributed by atoms with Gasteiger partial charge in [-0.3, -0.25) is 0 Å². The molecular weight excluding hydrogens is 276 g/mol. The Labute approximate surface area is 140 Å². The Morgan fingerprint density at radius 2 is 1.96 bits per heavy atom. The molecule has 0 aromatic heterocycles. The van der Waals surface area contributed by atoms with Gasteiger partial charge >= 0.3 is 0 Å². The third-order valence-corrected chi connectivity index (χ3v) is 3.25. The number of rotatable bonds is 7. The van der Waals surface area contributed by atoms with Crippen molar-refractivity contribution in [1.82, 2.24) is 0 Å². The second-order valence-corrected chi connectivity index (χ2v) is 5.14. The topological polar surface area (TPSA) is 0 Å². The minimum atomic E-state index is 0.919. The molecule has 1 rings (SSSR count). The summed E-state index contributed by atoms with van der Waals surface area (Å²) in [4.78, 5) is 0. The maximum absolute atomic E-state index is 5.20. The Kier molecular flexibility index (Phi) is 8.64. The van der Waals surface area contributed by atoms with Gasteiger partial charge < -0.3 is 0 Å². The summed E-state index contributed by atoms with van der Waals surface area (Å²) in [5.41, 5.74) is 4.50. The van der Waals surface area contributed by atoms with Crippen LogP contribution in [0.3, 0.4) is 0 Å². The van der Waals surface area contributed by atoms with Gasteiger partial charge in [-0.15, -0.1) is 6.42 Å². The van der Waals surface area contributed by atoms with Crippen molar-refractivity contribution in [2.24, 2.45) is 0 Å². The first-order valence-corrected chi connectivity index (χ1v) is 7.71. The van der Waals surface area contributed by atoms with E-state index in [-0.39, 0.29) is 0 Å². The summed E-state index contributed by atoms with van der Waals surface area (Å²) < 4.78 is 0. The summed E-state index contributed by atoms with van der Waals surface area (Å²) in [6.45, 7) is 8.17. The van der Waals surface area contributed by atoms with E-state index in [4.69, 9.17) is 6.42 Å². The van der Waals surface area contributed by atoms with E-state index in [1.165, 1.54) is 5.56 Å². The Bertz CT molecular complexity index is 683. The Balaban J connectivity index is 2.81. The second-order valence-electron chi connectivity index (χ2n) is 5.14. The lowest BCUT2D eigenvalue weighted by atomic mass is 10.0. The molecule has 0 unspecified atom stereocenters. The molecule has 0 amide bonds. The van der Waals surface area contributed by atoms with Crippen LogP contribution in [-0.2, 0) is 6.42 Å². The molecule has 23 heavy (non-hydrogen) atoms. The average molecular weight is 300 g/mol. The molecule has 0 nitrogen and oxygen atoms in total. The van der Waals surface area contributed by atoms with Gasteiger partial charge in [0.15, 0.2) is 0 Å². The number of terminal acetylenes is 1. The number of hydrogen-bond acceptors (Lipinski definition) is 0. The van der Waals surface area contributed by atoms with E-state index in [2.05, 4.69) is 61.1 Å². The predicted molar refractivity (Wildman–Crippen MR) is 103 cm³/mol. The molecule has 0 atom stereocenters. The van der Waals surface area contributed by atoms with Crippen LogP contribution in [0.2, 0.25) is 0 Å². The molecule has 0 saturated heterocycles. The van der Waals surface area contributed by atoms with Crippen molar-refractivity contribution in [3.63, 3.8) is 0 Å². The molecule has 0 aliphatic rings. The molecule has 0 radical (unpaired) electrons. The van der Waals surface area contributed by atoms with Gasteiger partial charge in [0.2, 0.25) is 0 Å². The van der Waals surface area contributed by atoms with E-state index in [9.17, 15) is 0 Å². The van der Waals surface area contributed by atoms with Crippen LogP contribution in [0.25, 0.3) is 0 Å². The van der Waals surface area contributed by atoms with Crippen molar-refractivity contribution in [3.05, 3.63) is 108 Å². The van der Waals surface area contributed by atoms with Crippen molar-refractivity contribution < 1.29 is 0 Å². The molecule has 0 saturated carbocycles. The van der Waals surface area contributed by atoms with Crippen LogP contribution < -0.4 is 0 Å². The van der Waals surface area contributed by atoms with Gasteiger partial charge in [0, 0.05) is 0 Å². The lowest BCUT2D eigenvalue weighted by molar-refractivity contribution is 1.27. The van der Waals surface area contributed by atoms with E-state index in [1.54, 1.807) is 6.08 Å². The van der Waals surface area contributed by atoms with Gasteiger partial charge in [0.1, 0.15) is 0 Å². The highest BCUT2D eigenvalue weighted by Crippen LogP contribution is 2.13. The van der Waals surface area contributed by atoms with E-state index >= 15 is 0 Å². The van der Waals surface area contributed by atoms with Gasteiger partial charge in [-0.2, -0.15) is 0 Å². The van der Waals surface area contributed by atoms with E-state index in [0.29, 0.717) is 0 Å². The molecule has 0 heteroatoms. The zero-order valence-electron chi connectivity index (χ0n) is 14.0. The summed E-state index contributed by atoms with van der Waals surface area (Å²) >= 11 is 0. The lowest BCUT2D eigenvalue weighted by Crippen LogP contribution is -1.83. The molecule has 0 spiro atoms. The lowest BCUT2D eigenvalue weighted by Gasteiger charge is -2.02. The van der Waals surface area contributed by atoms with Crippen LogP contribution in [0.5, 0.6) is 0 Å². The maximum atomic E-state index is 5.20. The van der Waals surface area contributed by atoms with Gasteiger partial charge in [-0.1, -0.05) is 79.3 Å². The van der Waals surface area contributed by atoms with E-state index < -0.39 is 0 Å². The Morgan fingerprint density at radius 3 is 2.61 bits per heavy atom. The first kappa shape index (κ1) is 18.3. The summed E-state index contributed by atoms with van der Waals surface area (Å²) in [6.07, 6.45) is 22.1. The first-order valence-electron chi connectivity index (χ1n) is 7.71. The Hall–Kier alpha value is -2.78. The minimum absolute atomic E-state index is 0.919. The van der Waals surface area contributed by atoms with Crippen molar-refractivity contribution in [2.75, 3.05) is 0 Å². The van der Waals surface area contributed by atoms with Gasteiger partial charge in [-0.05, 0) is 54.7 Å². The summed E-state index contributed by atoms with van der Waals surface area (Å²) in [7, 11) is 0. The molecule has 0 aliphatic carbocycles. The number of allylic oxidation sites excluding steroid dienone is 11. The summed E-state index contributed by atoms with van der Waals surface area (Å²) in [6, 6.07) is 10.4. The van der Waals surface area contributed by atoms with Gasteiger partial charge in [-0.25, -0.2) is 0 Å². The average Bonchev–Trinajstić information content (AvgIpc) is 2.56. The highest BCUT2D eigenvalue weighted by Gasteiger charge is 1.94. The third kappa shape index (κ3) is 7.69. The van der Waals surface area contributed by atoms with Gasteiger partial charge in [0.25, 0.3) is 0 Å². The van der Waals surface area contributed by atoms with Crippen molar-refractivity contribution in [1.29, 1.82) is 0 Å². The first-order chi connectivity index (χ1) is 11.2. The van der Waals surface area contributed by atoms with Crippen LogP contribution in [0, 0.1) is 12.3 Å². The highest BCUT2D eigenvalue weighted by atomic mass is 14.0. The molecule has 0 bridgehead atoms. The fourth-order valence-corrected chi connectivity index (χ4v) is 1.96. The summed E-state index contributed by atoms with van der Waals surface area (Å²) in [5, 5.41) is 0. The smallest absolute Gasteiger partial charge is 0.00941 e. The minimum Gasteiger partial charge on any atom is -0.115 e. The normalized spacial score (nSPS) is 13.1. The number of benzene rings is 1. The quantitative estimate of drug-likeness (QED) is 0.429. The summed E-state index contributed by atoms with van der Waals surface area (Å²) in [5.74, 6) is 2.47. The van der Waals surface area contributed by atoms with Crippen molar-refractivity contribution in [3.8, 4) is 12.3 Å². The maximum Gasteiger partial charge on any atom is -0.00941 e. The van der Waals surface area contributed by atoms with Crippen LogP contribution in [0.1, 0.15) is 19.4 Å². The monoisotopic (exact) mass is 300 g/mol. The van der Waals surface area contributed by atoms with Crippen LogP contribution >= 0.6 is 0 Å². The van der Waals surface area contributed by atoms with Crippen LogP contribution in [-0.4, -0.2) is 0 Å². The standard InChI is InChI=1S/C23H24/c1-5-7-9-14-20(3)21(4)19-23(13-6-2)18-12-17-22-15-10-8-11-16-22/h1,6-16,18-19H,4,17H2,2-3H3/b9-7-,13-6-,18-12+,20-14+,23-19+. The third-order valence-electron chi connectivity index (χ3n) is 3.25. The molecule has 116 valence electrons. The molecule has 0 N–H and O–H groups in total. The molecule has 0 aliphatic heterocycles. The second kappa shape index (κ2) is 10.9. The van der Waals surface area contributed by atoms with E-state index in [0.717, 1.165) is 23.1 Å². The fraction of sp³-hybridized carbons (Fsp3) is 0.130. The molecule has 1 aromatic rings. The molecular formula is C23H24. The SMILES string of the molecule is C#C/C=C\C=C(/C)C(=C)/C=C(\C=C/C)/C=C/Cc1ccccc1. The highest BCUT2D eigenvalue weighted by molar-refractivity contribution is 5.45. The van der Waals surface area contributed by atoms with Crippen molar-refractivity contribution >= 4 is 0 Å². The van der Waals surface area contributed by atoms with Gasteiger partial charge in [0.05, 0.1) is 0 Å². The zero-order chi connectivity index (χ0) is 16.9. The van der Waals surface area contributed by atoms with E-state index in [1.807, 2.05) is 38.1 Å². The zero-order valence-corrected chi connectivity index (χ0v) is 14.0. The largest absolute Gasteiger partial charge is 0.115 e. The number of hydrogen-bond donors (Lipinski definition) is 0. The Morgan fingerprint density at radius 1 is 1.22 bits per heavy atom. The van der Waals surface area contributed by atoms with Crippen LogP contribution in [0.4, 0.5) is 0 Å².